The van der Waals surface area contributed by atoms with Crippen LogP contribution in [0.15, 0.2) is 24.3 Å². The van der Waals surface area contributed by atoms with E-state index in [-0.39, 0.29) is 5.41 Å². The van der Waals surface area contributed by atoms with Crippen LogP contribution in [0.1, 0.15) is 36.7 Å². The van der Waals surface area contributed by atoms with Crippen molar-refractivity contribution in [3.63, 3.8) is 0 Å². The molecule has 14 heavy (non-hydrogen) atoms. The minimum atomic E-state index is -0.462. The molecule has 0 spiro atoms. The SMILES string of the molecule is CC(C)(C)c1ccccc1C(=O)NO. The summed E-state index contributed by atoms with van der Waals surface area (Å²) < 4.78 is 0. The normalized spacial score (nSPS) is 11.1. The van der Waals surface area contributed by atoms with Crippen LogP contribution in [-0.4, -0.2) is 11.1 Å². The van der Waals surface area contributed by atoms with Gasteiger partial charge >= 0.3 is 0 Å². The van der Waals surface area contributed by atoms with E-state index >= 15 is 0 Å². The van der Waals surface area contributed by atoms with Crippen molar-refractivity contribution >= 4 is 5.91 Å². The van der Waals surface area contributed by atoms with Gasteiger partial charge in [0.1, 0.15) is 0 Å². The molecule has 0 saturated heterocycles. The molecule has 1 rings (SSSR count). The fraction of sp³-hybridized carbons (Fsp3) is 0.364. The van der Waals surface area contributed by atoms with Crippen LogP contribution in [0.25, 0.3) is 0 Å². The number of carbonyl (C=O) groups excluding carboxylic acids is 1. The Morgan fingerprint density at radius 2 is 1.86 bits per heavy atom. The molecule has 1 amide bonds. The lowest BCUT2D eigenvalue weighted by Crippen LogP contribution is -2.24. The lowest BCUT2D eigenvalue weighted by Gasteiger charge is -2.21. The van der Waals surface area contributed by atoms with Gasteiger partial charge in [0.2, 0.25) is 0 Å². The minimum Gasteiger partial charge on any atom is -0.288 e. The summed E-state index contributed by atoms with van der Waals surface area (Å²) in [5.74, 6) is -0.462. The van der Waals surface area contributed by atoms with Crippen molar-refractivity contribution in [3.05, 3.63) is 35.4 Å². The highest BCUT2D eigenvalue weighted by Crippen LogP contribution is 2.25. The van der Waals surface area contributed by atoms with Gasteiger partial charge in [-0.05, 0) is 17.0 Å². The lowest BCUT2D eigenvalue weighted by molar-refractivity contribution is 0.0704. The molecule has 0 unspecified atom stereocenters. The van der Waals surface area contributed by atoms with Gasteiger partial charge < -0.3 is 0 Å². The Morgan fingerprint density at radius 3 is 2.36 bits per heavy atom. The van der Waals surface area contributed by atoms with Gasteiger partial charge in [0.05, 0.1) is 0 Å². The summed E-state index contributed by atoms with van der Waals surface area (Å²) >= 11 is 0. The second-order valence-electron chi connectivity index (χ2n) is 4.24. The first kappa shape index (κ1) is 10.7. The van der Waals surface area contributed by atoms with Gasteiger partial charge in [-0.15, -0.1) is 0 Å². The van der Waals surface area contributed by atoms with E-state index in [1.165, 1.54) is 0 Å². The van der Waals surface area contributed by atoms with Crippen molar-refractivity contribution < 1.29 is 10.0 Å². The van der Waals surface area contributed by atoms with Crippen molar-refractivity contribution in [3.8, 4) is 0 Å². The smallest absolute Gasteiger partial charge is 0.274 e. The van der Waals surface area contributed by atoms with Gasteiger partial charge in [0.25, 0.3) is 5.91 Å². The monoisotopic (exact) mass is 193 g/mol. The summed E-state index contributed by atoms with van der Waals surface area (Å²) in [7, 11) is 0. The molecule has 0 atom stereocenters. The molecule has 0 aliphatic carbocycles. The zero-order valence-corrected chi connectivity index (χ0v) is 8.66. The van der Waals surface area contributed by atoms with Crippen molar-refractivity contribution in [1.82, 2.24) is 5.48 Å². The zero-order chi connectivity index (χ0) is 10.8. The van der Waals surface area contributed by atoms with Crippen LogP contribution in [0.3, 0.4) is 0 Å². The van der Waals surface area contributed by atoms with Crippen LogP contribution in [-0.2, 0) is 5.41 Å². The van der Waals surface area contributed by atoms with E-state index in [2.05, 4.69) is 0 Å². The van der Waals surface area contributed by atoms with Crippen molar-refractivity contribution in [1.29, 1.82) is 0 Å². The molecule has 0 saturated carbocycles. The van der Waals surface area contributed by atoms with Crippen molar-refractivity contribution in [2.45, 2.75) is 26.2 Å². The maximum absolute atomic E-state index is 11.3. The van der Waals surface area contributed by atoms with E-state index in [0.717, 1.165) is 5.56 Å². The predicted octanol–water partition coefficient (Wildman–Crippen LogP) is 2.10. The topological polar surface area (TPSA) is 49.3 Å². The van der Waals surface area contributed by atoms with Gasteiger partial charge in [0, 0.05) is 5.56 Å². The average molecular weight is 193 g/mol. The summed E-state index contributed by atoms with van der Waals surface area (Å²) in [6, 6.07) is 7.26. The Morgan fingerprint density at radius 1 is 1.29 bits per heavy atom. The number of hydrogen-bond donors (Lipinski definition) is 2. The Labute approximate surface area is 83.7 Å². The first-order valence-electron chi connectivity index (χ1n) is 4.51. The molecule has 2 N–H and O–H groups in total. The molecule has 0 aliphatic rings. The van der Waals surface area contributed by atoms with E-state index in [0.29, 0.717) is 5.56 Å². The van der Waals surface area contributed by atoms with E-state index in [4.69, 9.17) is 5.21 Å². The predicted molar refractivity (Wildman–Crippen MR) is 54.4 cm³/mol. The van der Waals surface area contributed by atoms with Crippen molar-refractivity contribution in [2.75, 3.05) is 0 Å². The molecule has 0 fully saturated rings. The molecule has 76 valence electrons. The molecule has 1 aromatic rings. The van der Waals surface area contributed by atoms with Crippen molar-refractivity contribution in [2.24, 2.45) is 0 Å². The van der Waals surface area contributed by atoms with Gasteiger partial charge in [-0.3, -0.25) is 10.0 Å². The van der Waals surface area contributed by atoms with E-state index in [1.807, 2.05) is 32.9 Å². The molecule has 0 bridgehead atoms. The number of nitrogens with one attached hydrogen (secondary N) is 1. The Kier molecular flexibility index (Phi) is 2.91. The maximum atomic E-state index is 11.3. The number of carbonyl (C=O) groups is 1. The number of benzene rings is 1. The summed E-state index contributed by atoms with van der Waals surface area (Å²) in [5.41, 5.74) is 2.99. The number of rotatable bonds is 1. The third-order valence-electron chi connectivity index (χ3n) is 2.08. The van der Waals surface area contributed by atoms with Gasteiger partial charge in [-0.1, -0.05) is 39.0 Å². The number of amides is 1. The van der Waals surface area contributed by atoms with Gasteiger partial charge in [-0.25, -0.2) is 5.48 Å². The maximum Gasteiger partial charge on any atom is 0.274 e. The Bertz CT molecular complexity index is 339. The molecule has 1 aromatic carbocycles. The third kappa shape index (κ3) is 2.12. The first-order valence-corrected chi connectivity index (χ1v) is 4.51. The van der Waals surface area contributed by atoms with Crippen LogP contribution in [0.4, 0.5) is 0 Å². The van der Waals surface area contributed by atoms with E-state index < -0.39 is 5.91 Å². The molecule has 3 heteroatoms. The number of hydroxylamine groups is 1. The largest absolute Gasteiger partial charge is 0.288 e. The average Bonchev–Trinajstić information content (AvgIpc) is 2.15. The summed E-state index contributed by atoms with van der Waals surface area (Å²) in [4.78, 5) is 11.3. The third-order valence-corrected chi connectivity index (χ3v) is 2.08. The summed E-state index contributed by atoms with van der Waals surface area (Å²) in [6.07, 6.45) is 0. The molecule has 3 nitrogen and oxygen atoms in total. The number of hydrogen-bond acceptors (Lipinski definition) is 2. The first-order chi connectivity index (χ1) is 6.46. The van der Waals surface area contributed by atoms with Crippen LogP contribution in [0, 0.1) is 0 Å². The molecular formula is C11H15NO2. The van der Waals surface area contributed by atoms with Crippen LogP contribution >= 0.6 is 0 Å². The Balaban J connectivity index is 3.23. The lowest BCUT2D eigenvalue weighted by atomic mass is 9.83. The fourth-order valence-electron chi connectivity index (χ4n) is 1.40. The molecule has 0 aromatic heterocycles. The van der Waals surface area contributed by atoms with E-state index in [1.54, 1.807) is 17.6 Å². The van der Waals surface area contributed by atoms with Gasteiger partial charge in [0.15, 0.2) is 0 Å². The van der Waals surface area contributed by atoms with E-state index in [9.17, 15) is 4.79 Å². The molecule has 0 radical (unpaired) electrons. The standard InChI is InChI=1S/C11H15NO2/c1-11(2,3)9-7-5-4-6-8(9)10(13)12-14/h4-7,14H,1-3H3,(H,12,13). The van der Waals surface area contributed by atoms with Crippen LogP contribution in [0.2, 0.25) is 0 Å². The van der Waals surface area contributed by atoms with Crippen LogP contribution in [0.5, 0.6) is 0 Å². The molecular weight excluding hydrogens is 178 g/mol. The highest BCUT2D eigenvalue weighted by Gasteiger charge is 2.20. The minimum absolute atomic E-state index is 0.108. The fourth-order valence-corrected chi connectivity index (χ4v) is 1.40. The summed E-state index contributed by atoms with van der Waals surface area (Å²) in [6.45, 7) is 6.07. The second-order valence-corrected chi connectivity index (χ2v) is 4.24. The zero-order valence-electron chi connectivity index (χ0n) is 8.66. The molecule has 0 heterocycles. The quantitative estimate of drug-likeness (QED) is 0.530. The summed E-state index contributed by atoms with van der Waals surface area (Å²) in [5, 5.41) is 8.58. The Hall–Kier alpha value is -1.35. The second kappa shape index (κ2) is 3.80. The van der Waals surface area contributed by atoms with Crippen LogP contribution < -0.4 is 5.48 Å². The highest BCUT2D eigenvalue weighted by atomic mass is 16.5. The highest BCUT2D eigenvalue weighted by molar-refractivity contribution is 5.95. The van der Waals surface area contributed by atoms with Gasteiger partial charge in [-0.2, -0.15) is 0 Å². The molecule has 0 aliphatic heterocycles.